The number of carbonyl (C=O) groups excluding carboxylic acids is 2. The van der Waals surface area contributed by atoms with E-state index in [0.29, 0.717) is 0 Å². The Balaban J connectivity index is 1.47. The van der Waals surface area contributed by atoms with E-state index in [2.05, 4.69) is 27.7 Å². The van der Waals surface area contributed by atoms with Crippen LogP contribution in [0.5, 0.6) is 5.75 Å². The van der Waals surface area contributed by atoms with Gasteiger partial charge in [-0.1, -0.05) is 12.1 Å². The van der Waals surface area contributed by atoms with Gasteiger partial charge in [-0.05, 0) is 67.9 Å². The first kappa shape index (κ1) is 19.9. The van der Waals surface area contributed by atoms with Crippen molar-refractivity contribution in [2.45, 2.75) is 26.3 Å². The maximum atomic E-state index is 12.6. The van der Waals surface area contributed by atoms with Crippen LogP contribution in [-0.4, -0.2) is 36.9 Å². The van der Waals surface area contributed by atoms with Crippen molar-refractivity contribution in [3.05, 3.63) is 54.1 Å². The van der Waals surface area contributed by atoms with Crippen LogP contribution < -0.4 is 15.4 Å². The van der Waals surface area contributed by atoms with Gasteiger partial charge in [0.25, 0.3) is 0 Å². The number of likely N-dealkylation sites (tertiary alicyclic amines) is 1. The molecule has 148 valence electrons. The number of hydrogen-bond donors (Lipinski definition) is 2. The zero-order valence-electron chi connectivity index (χ0n) is 16.4. The molecular formula is C22H27N3O3. The van der Waals surface area contributed by atoms with Crippen molar-refractivity contribution in [2.24, 2.45) is 5.92 Å². The van der Waals surface area contributed by atoms with Gasteiger partial charge in [-0.2, -0.15) is 0 Å². The lowest BCUT2D eigenvalue weighted by Crippen LogP contribution is -2.37. The molecule has 1 saturated heterocycles. The molecule has 1 aliphatic heterocycles. The van der Waals surface area contributed by atoms with Crippen LogP contribution in [0.3, 0.4) is 0 Å². The summed E-state index contributed by atoms with van der Waals surface area (Å²) in [5, 5.41) is 5.70. The van der Waals surface area contributed by atoms with Gasteiger partial charge in [0.15, 0.2) is 0 Å². The van der Waals surface area contributed by atoms with Crippen LogP contribution in [0.1, 0.15) is 25.3 Å². The van der Waals surface area contributed by atoms with Gasteiger partial charge in [0.05, 0.1) is 7.11 Å². The molecule has 1 aliphatic rings. The topological polar surface area (TPSA) is 70.7 Å². The summed E-state index contributed by atoms with van der Waals surface area (Å²) in [4.78, 5) is 26.0. The fraction of sp³-hybridized carbons (Fsp3) is 0.364. The van der Waals surface area contributed by atoms with Gasteiger partial charge in [0.1, 0.15) is 5.75 Å². The summed E-state index contributed by atoms with van der Waals surface area (Å²) >= 11 is 0. The fourth-order valence-corrected chi connectivity index (χ4v) is 3.47. The molecule has 0 atom stereocenters. The van der Waals surface area contributed by atoms with Crippen LogP contribution in [0, 0.1) is 5.92 Å². The summed E-state index contributed by atoms with van der Waals surface area (Å²) < 4.78 is 5.28. The van der Waals surface area contributed by atoms with Gasteiger partial charge < -0.3 is 15.4 Å². The Kier molecular flexibility index (Phi) is 6.66. The average Bonchev–Trinajstić information content (AvgIpc) is 2.70. The number of methoxy groups -OCH3 is 1. The lowest BCUT2D eigenvalue weighted by Gasteiger charge is -2.31. The molecule has 2 N–H and O–H groups in total. The van der Waals surface area contributed by atoms with E-state index >= 15 is 0 Å². The van der Waals surface area contributed by atoms with E-state index in [1.54, 1.807) is 31.4 Å². The maximum Gasteiger partial charge on any atom is 0.227 e. The van der Waals surface area contributed by atoms with Crippen molar-refractivity contribution in [1.29, 1.82) is 0 Å². The number of hydrogen-bond acceptors (Lipinski definition) is 4. The van der Waals surface area contributed by atoms with E-state index in [0.717, 1.165) is 49.6 Å². The summed E-state index contributed by atoms with van der Waals surface area (Å²) in [6.45, 7) is 4.14. The highest BCUT2D eigenvalue weighted by atomic mass is 16.5. The lowest BCUT2D eigenvalue weighted by molar-refractivity contribution is -0.121. The molecule has 0 bridgehead atoms. The number of ether oxygens (including phenoxy) is 1. The lowest BCUT2D eigenvalue weighted by atomic mass is 9.95. The molecule has 0 saturated carbocycles. The van der Waals surface area contributed by atoms with Crippen LogP contribution in [0.4, 0.5) is 11.4 Å². The third-order valence-corrected chi connectivity index (χ3v) is 4.97. The Morgan fingerprint density at radius 2 is 1.68 bits per heavy atom. The molecule has 6 nitrogen and oxygen atoms in total. The summed E-state index contributed by atoms with van der Waals surface area (Å²) in [6, 6.07) is 15.3. The molecule has 1 fully saturated rings. The quantitative estimate of drug-likeness (QED) is 0.803. The maximum absolute atomic E-state index is 12.6. The zero-order chi connectivity index (χ0) is 19.9. The van der Waals surface area contributed by atoms with Gasteiger partial charge in [0, 0.05) is 30.8 Å². The Morgan fingerprint density at radius 3 is 2.29 bits per heavy atom. The molecule has 0 aromatic heterocycles. The van der Waals surface area contributed by atoms with Gasteiger partial charge in [-0.15, -0.1) is 0 Å². The predicted molar refractivity (Wildman–Crippen MR) is 110 cm³/mol. The first-order valence-corrected chi connectivity index (χ1v) is 9.57. The number of anilines is 2. The van der Waals surface area contributed by atoms with E-state index < -0.39 is 0 Å². The fourth-order valence-electron chi connectivity index (χ4n) is 3.47. The van der Waals surface area contributed by atoms with E-state index in [4.69, 9.17) is 4.74 Å². The van der Waals surface area contributed by atoms with Crippen molar-refractivity contribution in [1.82, 2.24) is 4.90 Å². The number of benzene rings is 2. The molecule has 2 aromatic carbocycles. The third kappa shape index (κ3) is 5.57. The highest BCUT2D eigenvalue weighted by Gasteiger charge is 2.25. The van der Waals surface area contributed by atoms with E-state index in [9.17, 15) is 9.59 Å². The first-order chi connectivity index (χ1) is 13.5. The number of piperidine rings is 1. The monoisotopic (exact) mass is 381 g/mol. The van der Waals surface area contributed by atoms with Crippen LogP contribution in [0.2, 0.25) is 0 Å². The minimum absolute atomic E-state index is 0.0246. The molecule has 2 aromatic rings. The number of rotatable bonds is 6. The molecule has 0 radical (unpaired) electrons. The Morgan fingerprint density at radius 1 is 1.04 bits per heavy atom. The second-order valence-corrected chi connectivity index (χ2v) is 7.15. The zero-order valence-corrected chi connectivity index (χ0v) is 16.4. The highest BCUT2D eigenvalue weighted by molar-refractivity contribution is 5.93. The molecule has 1 heterocycles. The van der Waals surface area contributed by atoms with Crippen molar-refractivity contribution < 1.29 is 14.3 Å². The van der Waals surface area contributed by atoms with Crippen LogP contribution >= 0.6 is 0 Å². The second-order valence-electron chi connectivity index (χ2n) is 7.15. The van der Waals surface area contributed by atoms with E-state index in [1.807, 2.05) is 12.1 Å². The molecular weight excluding hydrogens is 354 g/mol. The SMILES string of the molecule is COc1cccc(CN2CCC(C(=O)Nc3ccc(NC(C)=O)cc3)CC2)c1. The molecule has 6 heteroatoms. The minimum Gasteiger partial charge on any atom is -0.497 e. The molecule has 0 spiro atoms. The van der Waals surface area contributed by atoms with E-state index in [1.165, 1.54) is 12.5 Å². The molecule has 2 amide bonds. The van der Waals surface area contributed by atoms with Gasteiger partial charge in [-0.3, -0.25) is 14.5 Å². The first-order valence-electron chi connectivity index (χ1n) is 9.57. The number of nitrogens with zero attached hydrogens (tertiary/aromatic N) is 1. The Hall–Kier alpha value is -2.86. The van der Waals surface area contributed by atoms with Crippen LogP contribution in [0.15, 0.2) is 48.5 Å². The second kappa shape index (κ2) is 9.37. The van der Waals surface area contributed by atoms with E-state index in [-0.39, 0.29) is 17.7 Å². The highest BCUT2D eigenvalue weighted by Crippen LogP contribution is 2.22. The number of amides is 2. The van der Waals surface area contributed by atoms with Crippen molar-refractivity contribution in [2.75, 3.05) is 30.8 Å². The van der Waals surface area contributed by atoms with Crippen LogP contribution in [-0.2, 0) is 16.1 Å². The third-order valence-electron chi connectivity index (χ3n) is 4.97. The predicted octanol–water partition coefficient (Wildman–Crippen LogP) is 3.50. The average molecular weight is 381 g/mol. The molecule has 3 rings (SSSR count). The summed E-state index contributed by atoms with van der Waals surface area (Å²) in [5.41, 5.74) is 2.69. The van der Waals surface area contributed by atoms with Crippen LogP contribution in [0.25, 0.3) is 0 Å². The summed E-state index contributed by atoms with van der Waals surface area (Å²) in [5.74, 6) is 0.846. The van der Waals surface area contributed by atoms with Gasteiger partial charge in [0.2, 0.25) is 11.8 Å². The van der Waals surface area contributed by atoms with Gasteiger partial charge >= 0.3 is 0 Å². The minimum atomic E-state index is -0.113. The summed E-state index contributed by atoms with van der Waals surface area (Å²) in [7, 11) is 1.68. The molecule has 0 aliphatic carbocycles. The number of carbonyl (C=O) groups is 2. The smallest absolute Gasteiger partial charge is 0.227 e. The van der Waals surface area contributed by atoms with Gasteiger partial charge in [-0.25, -0.2) is 0 Å². The molecule has 28 heavy (non-hydrogen) atoms. The number of nitrogens with one attached hydrogen (secondary N) is 2. The molecule has 0 unspecified atom stereocenters. The largest absolute Gasteiger partial charge is 0.497 e. The van der Waals surface area contributed by atoms with Crippen molar-refractivity contribution in [3.8, 4) is 5.75 Å². The summed E-state index contributed by atoms with van der Waals surface area (Å²) in [6.07, 6.45) is 1.69. The standard InChI is InChI=1S/C22H27N3O3/c1-16(26)23-19-6-8-20(9-7-19)24-22(27)18-10-12-25(13-11-18)15-17-4-3-5-21(14-17)28-2/h3-9,14,18H,10-13,15H2,1-2H3,(H,23,26)(H,24,27). The Labute approximate surface area is 165 Å². The normalized spacial score (nSPS) is 15.1. The van der Waals surface area contributed by atoms with Crippen molar-refractivity contribution in [3.63, 3.8) is 0 Å². The Bertz CT molecular complexity index is 812. The van der Waals surface area contributed by atoms with Crippen molar-refractivity contribution >= 4 is 23.2 Å².